The van der Waals surface area contributed by atoms with Crippen LogP contribution in [-0.4, -0.2) is 87.4 Å². The van der Waals surface area contributed by atoms with Gasteiger partial charge in [0, 0.05) is 12.8 Å². The van der Waals surface area contributed by atoms with Crippen molar-refractivity contribution in [1.29, 1.82) is 0 Å². The van der Waals surface area contributed by atoms with E-state index in [1.807, 2.05) is 21.1 Å². The fraction of sp³-hybridized carbons (Fsp3) is 0.566. The molecule has 0 bridgehead atoms. The number of allylic oxidation sites excluding steroid dienone is 30. The molecule has 0 aromatic rings. The first-order valence-corrected chi connectivity index (χ1v) is 32.9. The second-order valence-corrected chi connectivity index (χ2v) is 22.3. The van der Waals surface area contributed by atoms with E-state index >= 15 is 0 Å². The summed E-state index contributed by atoms with van der Waals surface area (Å²) in [5.74, 6) is -2.06. The van der Waals surface area contributed by atoms with Crippen LogP contribution in [0.25, 0.3) is 0 Å². The molecule has 0 aliphatic carbocycles. The molecule has 0 saturated carbocycles. The largest absolute Gasteiger partial charge is 0.477 e. The number of hydrogen-bond acceptors (Lipinski definition) is 7. The molecule has 0 saturated heterocycles. The first-order chi connectivity index (χ1) is 41.6. The molecular weight excluding hydrogens is 1050 g/mol. The van der Waals surface area contributed by atoms with Gasteiger partial charge in [0.25, 0.3) is 6.29 Å². The summed E-state index contributed by atoms with van der Waals surface area (Å²) in [5.41, 5.74) is 0. The Labute approximate surface area is 519 Å². The Morgan fingerprint density at radius 1 is 0.353 bits per heavy atom. The van der Waals surface area contributed by atoms with Gasteiger partial charge in [0.2, 0.25) is 0 Å². The van der Waals surface area contributed by atoms with Crippen molar-refractivity contribution in [3.63, 3.8) is 0 Å². The van der Waals surface area contributed by atoms with Gasteiger partial charge in [0.1, 0.15) is 13.2 Å². The van der Waals surface area contributed by atoms with Crippen LogP contribution in [0.1, 0.15) is 219 Å². The molecule has 85 heavy (non-hydrogen) atoms. The Kier molecular flexibility index (Phi) is 60.1. The summed E-state index contributed by atoms with van der Waals surface area (Å²) in [5, 5.41) is 9.74. The van der Waals surface area contributed by atoms with Gasteiger partial charge in [0.15, 0.2) is 6.10 Å². The summed E-state index contributed by atoms with van der Waals surface area (Å²) in [6.07, 6.45) is 95.5. The molecule has 0 spiro atoms. The van der Waals surface area contributed by atoms with Crippen molar-refractivity contribution < 1.29 is 42.9 Å². The number of quaternary nitrogens is 1. The normalized spacial score (nSPS) is 13.9. The molecule has 0 amide bonds. The summed E-state index contributed by atoms with van der Waals surface area (Å²) >= 11 is 0. The number of nitrogens with zero attached hydrogens (tertiary/aromatic N) is 1. The molecule has 9 heteroatoms. The predicted octanol–water partition coefficient (Wildman–Crippen LogP) is 20.5. The van der Waals surface area contributed by atoms with Crippen LogP contribution in [0.4, 0.5) is 0 Å². The van der Waals surface area contributed by atoms with E-state index in [1.165, 1.54) is 19.3 Å². The average Bonchev–Trinajstić information content (AvgIpc) is 3.48. The van der Waals surface area contributed by atoms with Crippen molar-refractivity contribution >= 4 is 17.9 Å². The second-order valence-electron chi connectivity index (χ2n) is 22.3. The van der Waals surface area contributed by atoms with E-state index in [4.69, 9.17) is 18.9 Å². The number of carbonyl (C=O) groups excluding carboxylic acids is 2. The molecule has 2 unspecified atom stereocenters. The topological polar surface area (TPSA) is 108 Å². The molecule has 0 aromatic carbocycles. The number of carbonyl (C=O) groups is 3. The molecule has 0 heterocycles. The number of hydrogen-bond donors (Lipinski definition) is 1. The number of unbranched alkanes of at least 4 members (excludes halogenated alkanes) is 13. The molecule has 0 fully saturated rings. The van der Waals surface area contributed by atoms with Crippen LogP contribution >= 0.6 is 0 Å². The van der Waals surface area contributed by atoms with Crippen LogP contribution in [0.2, 0.25) is 0 Å². The lowest BCUT2D eigenvalue weighted by Gasteiger charge is -2.25. The summed E-state index contributed by atoms with van der Waals surface area (Å²) in [7, 11) is 5.95. The molecule has 2 atom stereocenters. The number of esters is 2. The van der Waals surface area contributed by atoms with Gasteiger partial charge in [-0.25, -0.2) is 4.79 Å². The third kappa shape index (κ3) is 65.8. The van der Waals surface area contributed by atoms with Gasteiger partial charge in [0.05, 0.1) is 34.4 Å². The van der Waals surface area contributed by atoms with Crippen molar-refractivity contribution in [2.45, 2.75) is 232 Å². The van der Waals surface area contributed by atoms with E-state index in [-0.39, 0.29) is 38.6 Å². The molecule has 1 N–H and O–H groups in total. The first kappa shape index (κ1) is 79.4. The third-order valence-corrected chi connectivity index (χ3v) is 13.2. The van der Waals surface area contributed by atoms with Gasteiger partial charge in [-0.05, 0) is 135 Å². The summed E-state index contributed by atoms with van der Waals surface area (Å²) in [6, 6.07) is 0. The van der Waals surface area contributed by atoms with Crippen LogP contribution in [0, 0.1) is 0 Å². The van der Waals surface area contributed by atoms with Gasteiger partial charge in [-0.15, -0.1) is 0 Å². The highest BCUT2D eigenvalue weighted by Crippen LogP contribution is 2.14. The third-order valence-electron chi connectivity index (χ3n) is 13.2. The van der Waals surface area contributed by atoms with Gasteiger partial charge in [-0.1, -0.05) is 254 Å². The highest BCUT2D eigenvalue weighted by molar-refractivity contribution is 5.71. The van der Waals surface area contributed by atoms with Gasteiger partial charge >= 0.3 is 17.9 Å². The standard InChI is InChI=1S/C76H119NO8/c1-6-8-10-12-14-16-18-20-22-24-26-28-30-32-33-34-35-36-37-38-39-40-41-43-45-47-49-51-53-55-57-59-61-63-65-67-74(79)85-72(71-84-76(75(80)81)82-69-68-77(3,4)5)70-83-73(78)66-64-62-60-58-56-54-52-50-48-46-44-42-31-29-27-25-23-21-19-17-15-13-11-9-7-2/h8-11,14-17,20-23,26-29,32-33,35-36,38-39,41-44,47-50,72,76H,6-7,12-13,18-19,24-25,30-31,34,37,40,45-46,51-71H2,1-5H3/p+1/b10-8-,11-9-,16-14-,17-15-,22-20-,23-21-,28-26-,29-27-,33-32-,36-35-,39-38-,43-41-,44-42-,49-47-,50-48-. The summed E-state index contributed by atoms with van der Waals surface area (Å²) in [4.78, 5) is 37.6. The average molecular weight is 1180 g/mol. The molecule has 9 nitrogen and oxygen atoms in total. The van der Waals surface area contributed by atoms with E-state index < -0.39 is 24.3 Å². The number of aliphatic carboxylic acids is 1. The van der Waals surface area contributed by atoms with E-state index in [0.717, 1.165) is 167 Å². The first-order valence-electron chi connectivity index (χ1n) is 32.9. The maximum atomic E-state index is 12.9. The summed E-state index contributed by atoms with van der Waals surface area (Å²) in [6.45, 7) is 4.59. The van der Waals surface area contributed by atoms with E-state index in [9.17, 15) is 19.5 Å². The molecular formula is C76H120NO8+. The van der Waals surface area contributed by atoms with E-state index in [1.54, 1.807) is 0 Å². The van der Waals surface area contributed by atoms with Gasteiger partial charge in [-0.2, -0.15) is 0 Å². The Balaban J connectivity index is 4.29. The maximum Gasteiger partial charge on any atom is 0.361 e. The smallest absolute Gasteiger partial charge is 0.361 e. The van der Waals surface area contributed by atoms with Crippen molar-refractivity contribution in [2.24, 2.45) is 0 Å². The number of carboxylic acids is 1. The molecule has 0 aliphatic rings. The van der Waals surface area contributed by atoms with Crippen molar-refractivity contribution in [3.05, 3.63) is 182 Å². The van der Waals surface area contributed by atoms with Crippen LogP contribution in [-0.2, 0) is 33.3 Å². The molecule has 0 aromatic heterocycles. The fourth-order valence-corrected chi connectivity index (χ4v) is 8.18. The minimum Gasteiger partial charge on any atom is -0.477 e. The van der Waals surface area contributed by atoms with E-state index in [0.29, 0.717) is 17.4 Å². The highest BCUT2D eigenvalue weighted by atomic mass is 16.7. The summed E-state index contributed by atoms with van der Waals surface area (Å²) < 4.78 is 22.9. The Morgan fingerprint density at radius 2 is 0.635 bits per heavy atom. The fourth-order valence-electron chi connectivity index (χ4n) is 8.18. The number of rotatable bonds is 58. The minimum atomic E-state index is -1.53. The van der Waals surface area contributed by atoms with Crippen molar-refractivity contribution in [1.82, 2.24) is 0 Å². The number of likely N-dealkylation sites (N-methyl/N-ethyl adjacent to an activating group) is 1. The van der Waals surface area contributed by atoms with E-state index in [2.05, 4.69) is 196 Å². The van der Waals surface area contributed by atoms with Crippen LogP contribution < -0.4 is 0 Å². The van der Waals surface area contributed by atoms with Gasteiger partial charge in [-0.3, -0.25) is 9.59 Å². The lowest BCUT2D eigenvalue weighted by Crippen LogP contribution is -2.40. The zero-order chi connectivity index (χ0) is 61.9. The quantitative estimate of drug-likeness (QED) is 0.0211. The predicted molar refractivity (Wildman–Crippen MR) is 363 cm³/mol. The lowest BCUT2D eigenvalue weighted by molar-refractivity contribution is -0.870. The zero-order valence-corrected chi connectivity index (χ0v) is 54.2. The lowest BCUT2D eigenvalue weighted by atomic mass is 10.1. The minimum absolute atomic E-state index is 0.172. The van der Waals surface area contributed by atoms with Crippen LogP contribution in [0.5, 0.6) is 0 Å². The van der Waals surface area contributed by atoms with Crippen LogP contribution in [0.15, 0.2) is 182 Å². The Bertz CT molecular complexity index is 2050. The van der Waals surface area contributed by atoms with Crippen molar-refractivity contribution in [3.8, 4) is 0 Å². The monoisotopic (exact) mass is 1170 g/mol. The number of ether oxygens (including phenoxy) is 4. The number of carboxylic acid groups (broad SMARTS) is 1. The van der Waals surface area contributed by atoms with Crippen LogP contribution in [0.3, 0.4) is 0 Å². The molecule has 0 rings (SSSR count). The Morgan fingerprint density at radius 3 is 0.941 bits per heavy atom. The maximum absolute atomic E-state index is 12.9. The second kappa shape index (κ2) is 64.4. The molecule has 0 aliphatic heterocycles. The highest BCUT2D eigenvalue weighted by Gasteiger charge is 2.25. The van der Waals surface area contributed by atoms with Gasteiger partial charge < -0.3 is 28.5 Å². The molecule has 476 valence electrons. The Hall–Kier alpha value is -5.61. The van der Waals surface area contributed by atoms with Crippen molar-refractivity contribution in [2.75, 3.05) is 47.5 Å². The SMILES string of the molecule is CC/C=C\C/C=C\C/C=C\C/C=C\C/C=C\C/C=C\C/C=C\C/C=C\C/C=C\CCCCCCCCCC(=O)OC(COC(=O)CCCCCCCC/C=C\C/C=C\C/C=C\C/C=C\C/C=C\C/C=C\CC)COC(OCC[N+](C)(C)C)C(=O)O. The zero-order valence-electron chi connectivity index (χ0n) is 54.2. The molecule has 0 radical (unpaired) electrons.